The fourth-order valence-corrected chi connectivity index (χ4v) is 6.10. The molecule has 2 atom stereocenters. The minimum absolute atomic E-state index is 0.000289. The molecule has 1 amide bonds. The Morgan fingerprint density at radius 2 is 1.61 bits per heavy atom. The van der Waals surface area contributed by atoms with Gasteiger partial charge in [-0.1, -0.05) is 50.2 Å². The molecule has 3 rings (SSSR count). The van der Waals surface area contributed by atoms with Crippen LogP contribution >= 0.6 is 0 Å². The highest BCUT2D eigenvalue weighted by molar-refractivity contribution is 7.89. The van der Waals surface area contributed by atoms with Gasteiger partial charge in [0.15, 0.2) is 11.5 Å². The normalized spacial score (nSPS) is 13.1. The largest absolute Gasteiger partial charge is 0.504 e. The summed E-state index contributed by atoms with van der Waals surface area (Å²) < 4.78 is 38.8. The van der Waals surface area contributed by atoms with Crippen LogP contribution in [-0.4, -0.2) is 68.3 Å². The first-order valence-electron chi connectivity index (χ1n) is 13.5. The molecule has 0 unspecified atom stereocenters. The highest BCUT2D eigenvalue weighted by Gasteiger charge is 2.31. The van der Waals surface area contributed by atoms with Crippen molar-refractivity contribution < 1.29 is 32.9 Å². The summed E-state index contributed by atoms with van der Waals surface area (Å²) in [5.74, 6) is 0.590. The number of hydrogen-bond acceptors (Lipinski definition) is 7. The number of carbonyl (C=O) groups is 1. The zero-order valence-electron chi connectivity index (χ0n) is 24.0. The molecule has 0 spiro atoms. The number of carbonyl (C=O) groups excluding carboxylic acids is 1. The molecule has 0 fully saturated rings. The number of amides is 1. The second kappa shape index (κ2) is 14.9. The molecule has 0 aliphatic rings. The first kappa shape index (κ1) is 31.9. The monoisotopic (exact) mass is 584 g/mol. The number of sulfonamides is 1. The van der Waals surface area contributed by atoms with Crippen molar-refractivity contribution in [3.63, 3.8) is 0 Å². The Bertz CT molecular complexity index is 1360. The van der Waals surface area contributed by atoms with Crippen molar-refractivity contribution in [3.05, 3.63) is 83.9 Å². The fourth-order valence-electron chi connectivity index (χ4n) is 4.48. The smallest absolute Gasteiger partial charge is 0.243 e. The first-order chi connectivity index (χ1) is 19.5. The number of rotatable bonds is 15. The molecule has 0 aliphatic heterocycles. The maximum atomic E-state index is 13.6. The number of nitrogens with zero attached hydrogens (tertiary/aromatic N) is 1. The van der Waals surface area contributed by atoms with Gasteiger partial charge in [0, 0.05) is 19.5 Å². The molecule has 0 radical (unpaired) electrons. The summed E-state index contributed by atoms with van der Waals surface area (Å²) in [6, 6.07) is 19.7. The number of benzene rings is 3. The summed E-state index contributed by atoms with van der Waals surface area (Å²) in [6.45, 7) is 3.81. The number of phenols is 1. The van der Waals surface area contributed by atoms with Crippen LogP contribution in [0.3, 0.4) is 0 Å². The van der Waals surface area contributed by atoms with Crippen LogP contribution in [0, 0.1) is 5.92 Å². The van der Waals surface area contributed by atoms with E-state index in [9.17, 15) is 23.4 Å². The number of nitrogens with one attached hydrogen (secondary N) is 1. The Kier molecular flexibility index (Phi) is 11.6. The summed E-state index contributed by atoms with van der Waals surface area (Å²) in [4.78, 5) is 13.1. The van der Waals surface area contributed by atoms with E-state index in [4.69, 9.17) is 9.47 Å². The van der Waals surface area contributed by atoms with Crippen molar-refractivity contribution in [2.75, 3.05) is 27.3 Å². The number of methoxy groups -OCH3 is 2. The standard InChI is InChI=1S/C31H40N2O7S/c1-22(2)20-33(41(37,38)26-14-12-25(39-3)13-15-26)21-29(35)27(18-23-8-6-5-7-9-23)32-31(36)17-11-24-10-16-28(34)30(19-24)40-4/h5-10,12-16,19,22,27,29,34-35H,11,17-18,20-21H2,1-4H3,(H,32,36)/t27-,29+/m0/s1. The molecule has 0 heterocycles. The fraction of sp³-hybridized carbons (Fsp3) is 0.387. The van der Waals surface area contributed by atoms with Crippen molar-refractivity contribution in [2.24, 2.45) is 5.92 Å². The van der Waals surface area contributed by atoms with E-state index in [1.807, 2.05) is 44.2 Å². The first-order valence-corrected chi connectivity index (χ1v) is 15.0. The van der Waals surface area contributed by atoms with Crippen molar-refractivity contribution in [1.29, 1.82) is 0 Å². The molecule has 41 heavy (non-hydrogen) atoms. The van der Waals surface area contributed by atoms with Crippen LogP contribution in [0.1, 0.15) is 31.4 Å². The van der Waals surface area contributed by atoms with Crippen molar-refractivity contribution in [1.82, 2.24) is 9.62 Å². The number of aliphatic hydroxyl groups is 1. The summed E-state index contributed by atoms with van der Waals surface area (Å²) in [7, 11) is -0.970. The SMILES string of the molecule is COc1ccc(S(=O)(=O)N(CC(C)C)C[C@@H](O)[C@H](Cc2ccccc2)NC(=O)CCc2ccc(O)c(OC)c2)cc1. The topological polar surface area (TPSA) is 125 Å². The molecule has 3 N–H and O–H groups in total. The lowest BCUT2D eigenvalue weighted by atomic mass is 10.00. The maximum absolute atomic E-state index is 13.6. The molecule has 0 saturated heterocycles. The molecule has 0 aromatic heterocycles. The van der Waals surface area contributed by atoms with Gasteiger partial charge < -0.3 is 25.0 Å². The van der Waals surface area contributed by atoms with Crippen LogP contribution in [0.4, 0.5) is 0 Å². The van der Waals surface area contributed by atoms with Crippen molar-refractivity contribution in [3.8, 4) is 17.2 Å². The number of aliphatic hydroxyl groups excluding tert-OH is 1. The minimum atomic E-state index is -3.93. The van der Waals surface area contributed by atoms with Gasteiger partial charge in [-0.2, -0.15) is 4.31 Å². The molecule has 222 valence electrons. The van der Waals surface area contributed by atoms with E-state index in [1.165, 1.54) is 36.7 Å². The predicted octanol–water partition coefficient (Wildman–Crippen LogP) is 3.78. The summed E-state index contributed by atoms with van der Waals surface area (Å²) in [5.41, 5.74) is 1.71. The van der Waals surface area contributed by atoms with Crippen LogP contribution < -0.4 is 14.8 Å². The molecule has 10 heteroatoms. The third-order valence-corrected chi connectivity index (χ3v) is 8.50. The molecule has 9 nitrogen and oxygen atoms in total. The Morgan fingerprint density at radius 3 is 2.22 bits per heavy atom. The van der Waals surface area contributed by atoms with Crippen LogP contribution in [0.5, 0.6) is 17.2 Å². The highest BCUT2D eigenvalue weighted by Crippen LogP contribution is 2.27. The van der Waals surface area contributed by atoms with Gasteiger partial charge in [-0.25, -0.2) is 8.42 Å². The van der Waals surface area contributed by atoms with E-state index >= 15 is 0 Å². The quantitative estimate of drug-likeness (QED) is 0.248. The van der Waals surface area contributed by atoms with Gasteiger partial charge in [0.2, 0.25) is 15.9 Å². The number of ether oxygens (including phenoxy) is 2. The molecule has 3 aromatic rings. The third kappa shape index (κ3) is 9.21. The minimum Gasteiger partial charge on any atom is -0.504 e. The average molecular weight is 585 g/mol. The van der Waals surface area contributed by atoms with E-state index in [0.717, 1.165) is 11.1 Å². The van der Waals surface area contributed by atoms with Crippen LogP contribution in [0.25, 0.3) is 0 Å². The second-order valence-corrected chi connectivity index (χ2v) is 12.3. The number of aryl methyl sites for hydroxylation is 1. The molecule has 3 aromatic carbocycles. The van der Waals surface area contributed by atoms with E-state index in [2.05, 4.69) is 5.32 Å². The lowest BCUT2D eigenvalue weighted by molar-refractivity contribution is -0.122. The number of phenolic OH excluding ortho intramolecular Hbond substituents is 1. The lowest BCUT2D eigenvalue weighted by Gasteiger charge is -2.31. The maximum Gasteiger partial charge on any atom is 0.243 e. The summed E-state index contributed by atoms with van der Waals surface area (Å²) in [6.07, 6.45) is -0.341. The Morgan fingerprint density at radius 1 is 0.927 bits per heavy atom. The summed E-state index contributed by atoms with van der Waals surface area (Å²) >= 11 is 0. The van der Waals surface area contributed by atoms with Crippen LogP contribution in [-0.2, 0) is 27.7 Å². The lowest BCUT2D eigenvalue weighted by Crippen LogP contribution is -2.51. The van der Waals surface area contributed by atoms with Gasteiger partial charge in [0.25, 0.3) is 0 Å². The zero-order valence-corrected chi connectivity index (χ0v) is 24.8. The van der Waals surface area contributed by atoms with Gasteiger partial charge >= 0.3 is 0 Å². The molecular formula is C31H40N2O7S. The van der Waals surface area contributed by atoms with Gasteiger partial charge in [-0.15, -0.1) is 0 Å². The van der Waals surface area contributed by atoms with Crippen molar-refractivity contribution >= 4 is 15.9 Å². The molecular weight excluding hydrogens is 544 g/mol. The number of aromatic hydroxyl groups is 1. The molecule has 0 saturated carbocycles. The van der Waals surface area contributed by atoms with Gasteiger partial charge in [0.1, 0.15) is 5.75 Å². The number of hydrogen-bond donors (Lipinski definition) is 3. The Labute approximate surface area is 242 Å². The Balaban J connectivity index is 1.79. The van der Waals surface area contributed by atoms with Gasteiger partial charge in [-0.05, 0) is 66.3 Å². The molecule has 0 bridgehead atoms. The highest BCUT2D eigenvalue weighted by atomic mass is 32.2. The van der Waals surface area contributed by atoms with E-state index in [1.54, 1.807) is 24.3 Å². The van der Waals surface area contributed by atoms with Crippen LogP contribution in [0.2, 0.25) is 0 Å². The van der Waals surface area contributed by atoms with Crippen molar-refractivity contribution in [2.45, 2.75) is 50.2 Å². The second-order valence-electron chi connectivity index (χ2n) is 10.3. The Hall–Kier alpha value is -3.60. The van der Waals surface area contributed by atoms with E-state index in [0.29, 0.717) is 24.3 Å². The average Bonchev–Trinajstić information content (AvgIpc) is 2.96. The van der Waals surface area contributed by atoms with Gasteiger partial charge in [-0.3, -0.25) is 4.79 Å². The molecule has 0 aliphatic carbocycles. The van der Waals surface area contributed by atoms with E-state index in [-0.39, 0.29) is 42.0 Å². The third-order valence-electron chi connectivity index (χ3n) is 6.65. The summed E-state index contributed by atoms with van der Waals surface area (Å²) in [5, 5.41) is 24.2. The van der Waals surface area contributed by atoms with Crippen LogP contribution in [0.15, 0.2) is 77.7 Å². The predicted molar refractivity (Wildman–Crippen MR) is 158 cm³/mol. The van der Waals surface area contributed by atoms with Gasteiger partial charge in [0.05, 0.1) is 31.3 Å². The van der Waals surface area contributed by atoms with E-state index < -0.39 is 22.2 Å². The zero-order chi connectivity index (χ0) is 30.0.